The van der Waals surface area contributed by atoms with Crippen LogP contribution in [0, 0.1) is 6.92 Å². The summed E-state index contributed by atoms with van der Waals surface area (Å²) in [5, 5.41) is 3.11. The zero-order valence-electron chi connectivity index (χ0n) is 19.1. The quantitative estimate of drug-likeness (QED) is 0.460. The SMILES string of the molecule is Cc1ccc(S(=O)(=O)Nc2ccc(C(=O)NCc3ccccc3CN3CCCC3)c(Cl)c2)cc1. The predicted molar refractivity (Wildman–Crippen MR) is 136 cm³/mol. The van der Waals surface area contributed by atoms with E-state index in [4.69, 9.17) is 11.6 Å². The first-order valence-corrected chi connectivity index (χ1v) is 13.1. The summed E-state index contributed by atoms with van der Waals surface area (Å²) in [7, 11) is -3.75. The first-order chi connectivity index (χ1) is 16.3. The Morgan fingerprint density at radius 1 is 0.971 bits per heavy atom. The summed E-state index contributed by atoms with van der Waals surface area (Å²) in [6.07, 6.45) is 2.46. The molecule has 0 radical (unpaired) electrons. The van der Waals surface area contributed by atoms with Crippen LogP contribution in [0.25, 0.3) is 0 Å². The number of halogens is 1. The summed E-state index contributed by atoms with van der Waals surface area (Å²) in [6, 6.07) is 19.2. The van der Waals surface area contributed by atoms with Gasteiger partial charge in [0.05, 0.1) is 21.2 Å². The second kappa shape index (κ2) is 10.6. The molecule has 6 nitrogen and oxygen atoms in total. The van der Waals surface area contributed by atoms with Gasteiger partial charge in [-0.05, 0) is 74.3 Å². The monoisotopic (exact) mass is 497 g/mol. The van der Waals surface area contributed by atoms with E-state index in [-0.39, 0.29) is 27.1 Å². The number of nitrogens with one attached hydrogen (secondary N) is 2. The lowest BCUT2D eigenvalue weighted by molar-refractivity contribution is 0.0951. The Hall–Kier alpha value is -2.87. The van der Waals surface area contributed by atoms with Gasteiger partial charge in [0.25, 0.3) is 15.9 Å². The smallest absolute Gasteiger partial charge is 0.261 e. The molecule has 1 amide bonds. The molecule has 0 saturated carbocycles. The van der Waals surface area contributed by atoms with E-state index in [0.717, 1.165) is 30.8 Å². The zero-order chi connectivity index (χ0) is 24.1. The van der Waals surface area contributed by atoms with Crippen molar-refractivity contribution in [3.05, 3.63) is 94.0 Å². The molecule has 0 bridgehead atoms. The summed E-state index contributed by atoms with van der Waals surface area (Å²) in [5.41, 5.74) is 3.82. The van der Waals surface area contributed by atoms with E-state index in [2.05, 4.69) is 21.0 Å². The van der Waals surface area contributed by atoms with Gasteiger partial charge in [-0.15, -0.1) is 0 Å². The van der Waals surface area contributed by atoms with Crippen molar-refractivity contribution in [2.75, 3.05) is 17.8 Å². The molecule has 1 fully saturated rings. The summed E-state index contributed by atoms with van der Waals surface area (Å²) in [6.45, 7) is 5.37. The Morgan fingerprint density at radius 2 is 1.65 bits per heavy atom. The molecule has 0 atom stereocenters. The Kier molecular flexibility index (Phi) is 7.56. The lowest BCUT2D eigenvalue weighted by Crippen LogP contribution is -2.25. The largest absolute Gasteiger partial charge is 0.348 e. The number of likely N-dealkylation sites (tertiary alicyclic amines) is 1. The van der Waals surface area contributed by atoms with E-state index >= 15 is 0 Å². The molecule has 1 aliphatic rings. The summed E-state index contributed by atoms with van der Waals surface area (Å²) in [4.78, 5) is 15.4. The molecule has 3 aromatic rings. The van der Waals surface area contributed by atoms with Crippen LogP contribution in [-0.2, 0) is 23.1 Å². The molecule has 0 unspecified atom stereocenters. The molecule has 1 aliphatic heterocycles. The van der Waals surface area contributed by atoms with Crippen molar-refractivity contribution in [3.8, 4) is 0 Å². The van der Waals surface area contributed by atoms with Gasteiger partial charge in [-0.2, -0.15) is 0 Å². The van der Waals surface area contributed by atoms with Crippen LogP contribution in [0.15, 0.2) is 71.6 Å². The molecule has 0 aliphatic carbocycles. The van der Waals surface area contributed by atoms with Gasteiger partial charge in [-0.1, -0.05) is 53.6 Å². The molecule has 0 aromatic heterocycles. The van der Waals surface area contributed by atoms with Crippen molar-refractivity contribution < 1.29 is 13.2 Å². The molecule has 1 heterocycles. The number of anilines is 1. The number of rotatable bonds is 8. The van der Waals surface area contributed by atoms with Crippen molar-refractivity contribution in [1.82, 2.24) is 10.2 Å². The van der Waals surface area contributed by atoms with Gasteiger partial charge in [0.2, 0.25) is 0 Å². The van der Waals surface area contributed by atoms with Crippen LogP contribution >= 0.6 is 11.6 Å². The van der Waals surface area contributed by atoms with Crippen molar-refractivity contribution in [2.45, 2.75) is 37.8 Å². The van der Waals surface area contributed by atoms with Crippen LogP contribution in [0.2, 0.25) is 5.02 Å². The minimum atomic E-state index is -3.75. The Morgan fingerprint density at radius 3 is 2.32 bits per heavy atom. The molecular weight excluding hydrogens is 470 g/mol. The number of carbonyl (C=O) groups is 1. The van der Waals surface area contributed by atoms with Crippen LogP contribution < -0.4 is 10.0 Å². The van der Waals surface area contributed by atoms with Crippen molar-refractivity contribution >= 4 is 33.2 Å². The molecule has 3 aromatic carbocycles. The second-order valence-corrected chi connectivity index (χ2v) is 10.6. The molecule has 0 spiro atoms. The topological polar surface area (TPSA) is 78.5 Å². The third-order valence-corrected chi connectivity index (χ3v) is 7.66. The fourth-order valence-electron chi connectivity index (χ4n) is 4.03. The minimum Gasteiger partial charge on any atom is -0.348 e. The highest BCUT2D eigenvalue weighted by Crippen LogP contribution is 2.24. The normalized spacial score (nSPS) is 14.2. The molecular formula is C26H28ClN3O3S. The maximum Gasteiger partial charge on any atom is 0.261 e. The molecule has 4 rings (SSSR count). The van der Waals surface area contributed by atoms with E-state index < -0.39 is 10.0 Å². The number of hydrogen-bond acceptors (Lipinski definition) is 4. The lowest BCUT2D eigenvalue weighted by Gasteiger charge is -2.18. The number of aryl methyl sites for hydroxylation is 1. The van der Waals surface area contributed by atoms with E-state index in [1.54, 1.807) is 24.3 Å². The van der Waals surface area contributed by atoms with Gasteiger partial charge in [-0.3, -0.25) is 14.4 Å². The number of amides is 1. The molecule has 34 heavy (non-hydrogen) atoms. The van der Waals surface area contributed by atoms with Crippen LogP contribution in [0.1, 0.15) is 39.9 Å². The average molecular weight is 498 g/mol. The third-order valence-electron chi connectivity index (χ3n) is 5.95. The van der Waals surface area contributed by atoms with Crippen LogP contribution in [-0.4, -0.2) is 32.3 Å². The van der Waals surface area contributed by atoms with E-state index in [0.29, 0.717) is 6.54 Å². The van der Waals surface area contributed by atoms with Gasteiger partial charge in [0.15, 0.2) is 0 Å². The van der Waals surface area contributed by atoms with Crippen LogP contribution in [0.3, 0.4) is 0 Å². The lowest BCUT2D eigenvalue weighted by atomic mass is 10.1. The summed E-state index contributed by atoms with van der Waals surface area (Å²) in [5.74, 6) is -0.311. The molecule has 1 saturated heterocycles. The highest BCUT2D eigenvalue weighted by Gasteiger charge is 2.17. The van der Waals surface area contributed by atoms with Crippen molar-refractivity contribution in [3.63, 3.8) is 0 Å². The van der Waals surface area contributed by atoms with Gasteiger partial charge >= 0.3 is 0 Å². The number of sulfonamides is 1. The number of nitrogens with zero attached hydrogens (tertiary/aromatic N) is 1. The maximum atomic E-state index is 12.8. The molecule has 178 valence electrons. The van der Waals surface area contributed by atoms with Gasteiger partial charge < -0.3 is 5.32 Å². The van der Waals surface area contributed by atoms with E-state index in [9.17, 15) is 13.2 Å². The number of carbonyl (C=O) groups excluding carboxylic acids is 1. The fraction of sp³-hybridized carbons (Fsp3) is 0.269. The zero-order valence-corrected chi connectivity index (χ0v) is 20.6. The van der Waals surface area contributed by atoms with E-state index in [1.165, 1.54) is 36.6 Å². The standard InChI is InChI=1S/C26H28ClN3O3S/c1-19-8-11-23(12-9-19)34(32,33)29-22-10-13-24(25(27)16-22)26(31)28-17-20-6-2-3-7-21(20)18-30-14-4-5-15-30/h2-3,6-13,16,29H,4-5,14-15,17-18H2,1H3,(H,28,31). The van der Waals surface area contributed by atoms with Gasteiger partial charge in [0, 0.05) is 13.1 Å². The maximum absolute atomic E-state index is 12.8. The van der Waals surface area contributed by atoms with Gasteiger partial charge in [0.1, 0.15) is 0 Å². The van der Waals surface area contributed by atoms with Crippen LogP contribution in [0.4, 0.5) is 5.69 Å². The Bertz CT molecular complexity index is 1270. The van der Waals surface area contributed by atoms with Crippen molar-refractivity contribution in [2.24, 2.45) is 0 Å². The molecule has 2 N–H and O–H groups in total. The Labute approximate surface area is 206 Å². The third kappa shape index (κ3) is 5.97. The van der Waals surface area contributed by atoms with Gasteiger partial charge in [-0.25, -0.2) is 8.42 Å². The number of benzene rings is 3. The first kappa shape index (κ1) is 24.3. The highest BCUT2D eigenvalue weighted by molar-refractivity contribution is 7.92. The first-order valence-electron chi connectivity index (χ1n) is 11.3. The minimum absolute atomic E-state index is 0.156. The highest BCUT2D eigenvalue weighted by atomic mass is 35.5. The number of hydrogen-bond donors (Lipinski definition) is 2. The average Bonchev–Trinajstić information content (AvgIpc) is 3.31. The molecule has 8 heteroatoms. The van der Waals surface area contributed by atoms with Crippen LogP contribution in [0.5, 0.6) is 0 Å². The summed E-state index contributed by atoms with van der Waals surface area (Å²) >= 11 is 6.34. The van der Waals surface area contributed by atoms with Crippen molar-refractivity contribution in [1.29, 1.82) is 0 Å². The van der Waals surface area contributed by atoms with E-state index in [1.807, 2.05) is 25.1 Å². The predicted octanol–water partition coefficient (Wildman–Crippen LogP) is 4.98. The summed E-state index contributed by atoms with van der Waals surface area (Å²) < 4.78 is 27.8. The Balaban J connectivity index is 1.41. The fourth-order valence-corrected chi connectivity index (χ4v) is 5.35. The second-order valence-electron chi connectivity index (χ2n) is 8.55.